The molecule has 142 valence electrons. The Balaban J connectivity index is 2.04. The van der Waals surface area contributed by atoms with Crippen LogP contribution < -0.4 is 0 Å². The molecule has 0 amide bonds. The molecule has 0 spiro atoms. The zero-order chi connectivity index (χ0) is 19.2. The Hall–Kier alpha value is -1.58. The molecule has 0 N–H and O–H groups in total. The summed E-state index contributed by atoms with van der Waals surface area (Å²) >= 11 is 0. The normalized spacial score (nSPS) is 12.3. The van der Waals surface area contributed by atoms with Crippen molar-refractivity contribution >= 4 is 18.6 Å². The van der Waals surface area contributed by atoms with Crippen LogP contribution in [0.5, 0.6) is 0 Å². The number of hydrogen-bond donors (Lipinski definition) is 0. The van der Waals surface area contributed by atoms with E-state index in [0.717, 1.165) is 17.7 Å². The fourth-order valence-electron chi connectivity index (χ4n) is 2.60. The topological polar surface area (TPSA) is 61.8 Å². The highest BCUT2D eigenvalue weighted by Crippen LogP contribution is 2.20. The first-order valence-electron chi connectivity index (χ1n) is 8.06. The molecule has 0 bridgehead atoms. The molecule has 0 unspecified atom stereocenters. The van der Waals surface area contributed by atoms with Crippen molar-refractivity contribution in [3.05, 3.63) is 65.5 Å². The molecule has 0 aliphatic heterocycles. The van der Waals surface area contributed by atoms with Crippen LogP contribution in [0.1, 0.15) is 11.1 Å². The van der Waals surface area contributed by atoms with Crippen molar-refractivity contribution in [1.82, 2.24) is 0 Å². The van der Waals surface area contributed by atoms with Crippen molar-refractivity contribution in [1.29, 1.82) is 0 Å². The van der Waals surface area contributed by atoms with Crippen LogP contribution in [0.25, 0.3) is 0 Å². The van der Waals surface area contributed by atoms with Gasteiger partial charge in [0.2, 0.25) is 0 Å². The smallest absolute Gasteiger partial charge is 0.377 e. The summed E-state index contributed by atoms with van der Waals surface area (Å²) in [5, 5.41) is 0. The maximum atomic E-state index is 13.0. The fourth-order valence-corrected chi connectivity index (χ4v) is 5.66. The number of aryl methyl sites for hydroxylation is 1. The maximum Gasteiger partial charge on any atom is 0.500 e. The molecule has 0 aliphatic carbocycles. The summed E-state index contributed by atoms with van der Waals surface area (Å²) in [6, 6.07) is 12.8. The van der Waals surface area contributed by atoms with Crippen molar-refractivity contribution in [2.24, 2.45) is 0 Å². The lowest BCUT2D eigenvalue weighted by Gasteiger charge is -2.24. The molecule has 0 aromatic heterocycles. The van der Waals surface area contributed by atoms with Crippen molar-refractivity contribution < 1.29 is 26.1 Å². The van der Waals surface area contributed by atoms with Gasteiger partial charge in [-0.3, -0.25) is 0 Å². The number of halogens is 1. The second-order valence-corrected chi connectivity index (χ2v) is 10.9. The second kappa shape index (κ2) is 8.87. The van der Waals surface area contributed by atoms with Gasteiger partial charge in [0.25, 0.3) is 0 Å². The zero-order valence-electron chi connectivity index (χ0n) is 15.1. The Morgan fingerprint density at radius 3 is 1.85 bits per heavy atom. The van der Waals surface area contributed by atoms with Crippen LogP contribution in [0.15, 0.2) is 53.4 Å². The molecule has 2 rings (SSSR count). The van der Waals surface area contributed by atoms with E-state index < -0.39 is 24.5 Å². The zero-order valence-corrected chi connectivity index (χ0v) is 16.9. The molecule has 0 saturated heterocycles. The highest BCUT2D eigenvalue weighted by atomic mass is 32.2. The van der Waals surface area contributed by atoms with Gasteiger partial charge in [0.15, 0.2) is 9.84 Å². The highest BCUT2D eigenvalue weighted by molar-refractivity contribution is 7.90. The summed E-state index contributed by atoms with van der Waals surface area (Å²) in [7, 11) is -1.42. The first-order chi connectivity index (χ1) is 12.3. The monoisotopic (exact) mass is 398 g/mol. The van der Waals surface area contributed by atoms with Gasteiger partial charge in [-0.1, -0.05) is 24.3 Å². The predicted octanol–water partition coefficient (Wildman–Crippen LogP) is 3.22. The molecular weight excluding hydrogens is 375 g/mol. The van der Waals surface area contributed by atoms with Gasteiger partial charge in [-0.25, -0.2) is 12.8 Å². The third-order valence-corrected chi connectivity index (χ3v) is 8.64. The largest absolute Gasteiger partial charge is 0.500 e. The molecule has 0 fully saturated rings. The second-order valence-electron chi connectivity index (χ2n) is 5.82. The molecular formula is C18H23FO5SSi. The van der Waals surface area contributed by atoms with E-state index in [1.165, 1.54) is 12.1 Å². The predicted molar refractivity (Wildman–Crippen MR) is 99.0 cm³/mol. The van der Waals surface area contributed by atoms with E-state index in [-0.39, 0.29) is 10.6 Å². The molecule has 0 saturated carbocycles. The van der Waals surface area contributed by atoms with E-state index in [4.69, 9.17) is 13.3 Å². The van der Waals surface area contributed by atoms with Crippen molar-refractivity contribution in [3.8, 4) is 0 Å². The summed E-state index contributed by atoms with van der Waals surface area (Å²) in [5.74, 6) is -0.595. The lowest BCUT2D eigenvalue weighted by atomic mass is 10.1. The summed E-state index contributed by atoms with van der Waals surface area (Å²) in [5.41, 5.74) is 1.71. The van der Waals surface area contributed by atoms with Gasteiger partial charge in [-0.15, -0.1) is 0 Å². The van der Waals surface area contributed by atoms with E-state index in [2.05, 4.69) is 0 Å². The molecule has 0 aliphatic rings. The van der Waals surface area contributed by atoms with Crippen LogP contribution in [0, 0.1) is 5.82 Å². The van der Waals surface area contributed by atoms with Gasteiger partial charge in [0.05, 0.1) is 10.6 Å². The van der Waals surface area contributed by atoms with Crippen molar-refractivity contribution in [3.63, 3.8) is 0 Å². The van der Waals surface area contributed by atoms with E-state index in [1.807, 2.05) is 12.1 Å². The van der Waals surface area contributed by atoms with Gasteiger partial charge < -0.3 is 13.3 Å². The minimum absolute atomic E-state index is 0.110. The molecule has 0 radical (unpaired) electrons. The maximum absolute atomic E-state index is 13.0. The van der Waals surface area contributed by atoms with Crippen LogP contribution in [-0.2, 0) is 35.3 Å². The summed E-state index contributed by atoms with van der Waals surface area (Å²) < 4.78 is 54.0. The fraction of sp³-hybridized carbons (Fsp3) is 0.333. The van der Waals surface area contributed by atoms with Gasteiger partial charge >= 0.3 is 8.80 Å². The van der Waals surface area contributed by atoms with Crippen LogP contribution in [0.3, 0.4) is 0 Å². The summed E-state index contributed by atoms with van der Waals surface area (Å²) in [6.45, 7) is 0. The van der Waals surface area contributed by atoms with Crippen molar-refractivity contribution in [2.75, 3.05) is 21.3 Å². The lowest BCUT2D eigenvalue weighted by Crippen LogP contribution is -2.43. The third kappa shape index (κ3) is 5.21. The number of rotatable bonds is 9. The Morgan fingerprint density at radius 2 is 1.35 bits per heavy atom. The number of hydrogen-bond acceptors (Lipinski definition) is 5. The van der Waals surface area contributed by atoms with Gasteiger partial charge in [-0.2, -0.15) is 0 Å². The minimum Gasteiger partial charge on any atom is -0.377 e. The third-order valence-electron chi connectivity index (χ3n) is 4.21. The van der Waals surface area contributed by atoms with Crippen LogP contribution in [-0.4, -0.2) is 38.6 Å². The van der Waals surface area contributed by atoms with Crippen LogP contribution in [0.2, 0.25) is 6.04 Å². The Labute approximate surface area is 155 Å². The molecule has 26 heavy (non-hydrogen) atoms. The van der Waals surface area contributed by atoms with Crippen LogP contribution >= 0.6 is 0 Å². The number of sulfone groups is 1. The molecule has 8 heteroatoms. The average Bonchev–Trinajstić information content (AvgIpc) is 2.65. The first-order valence-corrected chi connectivity index (χ1v) is 11.6. The quantitative estimate of drug-likeness (QED) is 0.479. The Bertz CT molecular complexity index is 794. The lowest BCUT2D eigenvalue weighted by molar-refractivity contribution is 0.123. The minimum atomic E-state index is -3.51. The molecule has 2 aromatic carbocycles. The number of benzene rings is 2. The van der Waals surface area contributed by atoms with Crippen molar-refractivity contribution in [2.45, 2.75) is 23.1 Å². The van der Waals surface area contributed by atoms with Gasteiger partial charge in [0, 0.05) is 27.4 Å². The molecule has 5 nitrogen and oxygen atoms in total. The summed E-state index contributed by atoms with van der Waals surface area (Å²) in [6.07, 6.45) is 0.701. The van der Waals surface area contributed by atoms with E-state index >= 15 is 0 Å². The van der Waals surface area contributed by atoms with E-state index in [0.29, 0.717) is 18.0 Å². The summed E-state index contributed by atoms with van der Waals surface area (Å²) in [4.78, 5) is 0.110. The SMILES string of the molecule is CO[Si](CCc1ccc(CS(=O)(=O)c2ccc(F)cc2)cc1)(OC)OC. The van der Waals surface area contributed by atoms with Crippen LogP contribution in [0.4, 0.5) is 4.39 Å². The first kappa shape index (κ1) is 20.7. The standard InChI is InChI=1S/C18H23FO5SSi/c1-22-26(23-2,24-3)13-12-15-4-6-16(7-5-15)14-25(20,21)18-10-8-17(19)9-11-18/h4-11H,12-14H2,1-3H3. The Kier molecular flexibility index (Phi) is 7.07. The Morgan fingerprint density at radius 1 is 0.846 bits per heavy atom. The van der Waals surface area contributed by atoms with E-state index in [1.54, 1.807) is 33.5 Å². The molecule has 0 atom stereocenters. The van der Waals surface area contributed by atoms with Gasteiger partial charge in [0.1, 0.15) is 5.82 Å². The van der Waals surface area contributed by atoms with Gasteiger partial charge in [-0.05, 0) is 41.8 Å². The average molecular weight is 399 g/mol. The van der Waals surface area contributed by atoms with E-state index in [9.17, 15) is 12.8 Å². The molecule has 2 aromatic rings. The molecule has 0 heterocycles. The highest BCUT2D eigenvalue weighted by Gasteiger charge is 2.37.